The molecule has 2 atom stereocenters. The van der Waals surface area contributed by atoms with Crippen LogP contribution in [0.3, 0.4) is 0 Å². The third kappa shape index (κ3) is 4.45. The van der Waals surface area contributed by atoms with E-state index in [-0.39, 0.29) is 11.9 Å². The maximum atomic E-state index is 13.0. The van der Waals surface area contributed by atoms with Crippen LogP contribution in [0.1, 0.15) is 55.5 Å². The third-order valence-corrected chi connectivity index (χ3v) is 6.08. The van der Waals surface area contributed by atoms with E-state index in [1.165, 1.54) is 11.1 Å². The minimum atomic E-state index is 0.182. The number of hydrogen-bond donors (Lipinski definition) is 0. The van der Waals surface area contributed by atoms with E-state index in [0.717, 1.165) is 31.4 Å². The van der Waals surface area contributed by atoms with Crippen molar-refractivity contribution >= 4 is 5.91 Å². The maximum absolute atomic E-state index is 13.0. The van der Waals surface area contributed by atoms with Gasteiger partial charge < -0.3 is 9.42 Å². The summed E-state index contributed by atoms with van der Waals surface area (Å²) in [5.41, 5.74) is 3.44. The first-order valence-electron chi connectivity index (χ1n) is 10.9. The average Bonchev–Trinajstić information content (AvgIpc) is 3.44. The van der Waals surface area contributed by atoms with Crippen LogP contribution in [0.2, 0.25) is 0 Å². The van der Waals surface area contributed by atoms with Gasteiger partial charge in [-0.3, -0.25) is 4.79 Å². The lowest BCUT2D eigenvalue weighted by Crippen LogP contribution is -2.39. The Balaban J connectivity index is 1.39. The van der Waals surface area contributed by atoms with Crippen LogP contribution in [0.15, 0.2) is 59.1 Å². The number of aryl methyl sites for hydroxylation is 2. The summed E-state index contributed by atoms with van der Waals surface area (Å²) in [6, 6.07) is 18.9. The van der Waals surface area contributed by atoms with Gasteiger partial charge in [-0.1, -0.05) is 72.2 Å². The second kappa shape index (κ2) is 9.24. The number of hydrogen-bond acceptors (Lipinski definition) is 4. The van der Waals surface area contributed by atoms with Crippen LogP contribution in [0.25, 0.3) is 11.4 Å². The summed E-state index contributed by atoms with van der Waals surface area (Å²) >= 11 is 0. The molecular formula is C25H29N3O2. The predicted molar refractivity (Wildman–Crippen MR) is 117 cm³/mol. The zero-order chi connectivity index (χ0) is 20.9. The zero-order valence-corrected chi connectivity index (χ0v) is 17.8. The smallest absolute Gasteiger partial charge is 0.227 e. The molecule has 4 rings (SSSR count). The van der Waals surface area contributed by atoms with Gasteiger partial charge >= 0.3 is 0 Å². The summed E-state index contributed by atoms with van der Waals surface area (Å²) in [6.45, 7) is 5.10. The van der Waals surface area contributed by atoms with Gasteiger partial charge in [0.05, 0.1) is 0 Å². The molecule has 0 N–H and O–H groups in total. The molecule has 1 amide bonds. The summed E-state index contributed by atoms with van der Waals surface area (Å²) in [5, 5.41) is 4.08. The fourth-order valence-electron chi connectivity index (χ4n) is 4.48. The number of likely N-dealkylation sites (tertiary alicyclic amines) is 1. The van der Waals surface area contributed by atoms with Gasteiger partial charge in [-0.25, -0.2) is 0 Å². The Kier molecular flexibility index (Phi) is 6.26. The lowest BCUT2D eigenvalue weighted by molar-refractivity contribution is -0.132. The second-order valence-corrected chi connectivity index (χ2v) is 8.10. The fourth-order valence-corrected chi connectivity index (χ4v) is 4.48. The van der Waals surface area contributed by atoms with Crippen LogP contribution >= 0.6 is 0 Å². The van der Waals surface area contributed by atoms with Crippen molar-refractivity contribution in [3.8, 4) is 11.4 Å². The first-order valence-corrected chi connectivity index (χ1v) is 10.9. The molecule has 0 saturated carbocycles. The van der Waals surface area contributed by atoms with Gasteiger partial charge in [-0.15, -0.1) is 0 Å². The molecule has 0 radical (unpaired) electrons. The van der Waals surface area contributed by atoms with Gasteiger partial charge in [0.1, 0.15) is 0 Å². The molecule has 0 bridgehead atoms. The number of aromatic nitrogens is 2. The molecule has 5 heteroatoms. The predicted octanol–water partition coefficient (Wildman–Crippen LogP) is 5.16. The van der Waals surface area contributed by atoms with E-state index in [1.54, 1.807) is 0 Å². The second-order valence-electron chi connectivity index (χ2n) is 8.10. The number of carbonyl (C=O) groups excluding carboxylic acids is 1. The highest BCUT2D eigenvalue weighted by Crippen LogP contribution is 2.34. The highest BCUT2D eigenvalue weighted by molar-refractivity contribution is 5.77. The standard InChI is InChI=1S/C25H29N3O2/c1-3-21(19-8-5-4-6-9-19)22-10-7-17-28(22)24(29)16-15-23-26-25(27-30-23)20-13-11-18(2)12-14-20/h4-6,8-9,11-14,21-22H,3,7,10,15-17H2,1-2H3/t21-,22+/m0/s1. The van der Waals surface area contributed by atoms with E-state index in [4.69, 9.17) is 4.52 Å². The number of nitrogens with zero attached hydrogens (tertiary/aromatic N) is 3. The topological polar surface area (TPSA) is 59.2 Å². The van der Waals surface area contributed by atoms with Gasteiger partial charge in [0.2, 0.25) is 17.6 Å². The summed E-state index contributed by atoms with van der Waals surface area (Å²) < 4.78 is 5.40. The molecule has 3 aromatic rings. The van der Waals surface area contributed by atoms with E-state index in [0.29, 0.717) is 30.5 Å². The Bertz CT molecular complexity index is 966. The highest BCUT2D eigenvalue weighted by atomic mass is 16.5. The average molecular weight is 404 g/mol. The van der Waals surface area contributed by atoms with Gasteiger partial charge in [-0.05, 0) is 31.7 Å². The number of carbonyl (C=O) groups is 1. The summed E-state index contributed by atoms with van der Waals surface area (Å²) in [7, 11) is 0. The number of benzene rings is 2. The third-order valence-electron chi connectivity index (χ3n) is 6.08. The van der Waals surface area contributed by atoms with Crippen molar-refractivity contribution in [1.82, 2.24) is 15.0 Å². The highest BCUT2D eigenvalue weighted by Gasteiger charge is 2.34. The Labute approximate surface area is 178 Å². The van der Waals surface area contributed by atoms with Crippen molar-refractivity contribution in [2.45, 2.75) is 57.9 Å². The van der Waals surface area contributed by atoms with Gasteiger partial charge in [0.25, 0.3) is 0 Å². The van der Waals surface area contributed by atoms with Crippen LogP contribution < -0.4 is 0 Å². The molecule has 2 aromatic carbocycles. The molecule has 0 aliphatic carbocycles. The molecule has 30 heavy (non-hydrogen) atoms. The molecule has 1 aromatic heterocycles. The van der Waals surface area contributed by atoms with Crippen molar-refractivity contribution in [1.29, 1.82) is 0 Å². The Morgan fingerprint density at radius 3 is 2.67 bits per heavy atom. The van der Waals surface area contributed by atoms with Crippen LogP contribution in [-0.2, 0) is 11.2 Å². The molecule has 156 valence electrons. The molecule has 1 fully saturated rings. The van der Waals surface area contributed by atoms with Crippen LogP contribution in [-0.4, -0.2) is 33.5 Å². The van der Waals surface area contributed by atoms with Crippen molar-refractivity contribution in [3.05, 3.63) is 71.6 Å². The van der Waals surface area contributed by atoms with E-state index < -0.39 is 0 Å². The maximum Gasteiger partial charge on any atom is 0.227 e. The normalized spacial score (nSPS) is 17.3. The molecule has 1 aliphatic heterocycles. The molecule has 5 nitrogen and oxygen atoms in total. The van der Waals surface area contributed by atoms with Gasteiger partial charge in [0.15, 0.2) is 0 Å². The van der Waals surface area contributed by atoms with Crippen LogP contribution in [0.4, 0.5) is 0 Å². The van der Waals surface area contributed by atoms with Crippen molar-refractivity contribution in [2.75, 3.05) is 6.54 Å². The molecule has 0 spiro atoms. The van der Waals surface area contributed by atoms with Crippen LogP contribution in [0, 0.1) is 6.92 Å². The number of amides is 1. The first kappa shape index (κ1) is 20.3. The van der Waals surface area contributed by atoms with Crippen molar-refractivity contribution in [2.24, 2.45) is 0 Å². The molecule has 1 aliphatic rings. The van der Waals surface area contributed by atoms with Crippen LogP contribution in [0.5, 0.6) is 0 Å². The lowest BCUT2D eigenvalue weighted by Gasteiger charge is -2.31. The van der Waals surface area contributed by atoms with Gasteiger partial charge in [-0.2, -0.15) is 4.98 Å². The summed E-state index contributed by atoms with van der Waals surface area (Å²) in [6.07, 6.45) is 4.04. The monoisotopic (exact) mass is 403 g/mol. The summed E-state index contributed by atoms with van der Waals surface area (Å²) in [4.78, 5) is 19.6. The van der Waals surface area contributed by atoms with E-state index in [1.807, 2.05) is 37.3 Å². The summed E-state index contributed by atoms with van der Waals surface area (Å²) in [5.74, 6) is 1.66. The Morgan fingerprint density at radius 1 is 1.17 bits per heavy atom. The SMILES string of the molecule is CC[C@@H](c1ccccc1)[C@H]1CCCN1C(=O)CCc1nc(-c2ccc(C)cc2)no1. The largest absolute Gasteiger partial charge is 0.339 e. The Hall–Kier alpha value is -2.95. The number of rotatable bonds is 7. The molecule has 1 saturated heterocycles. The van der Waals surface area contributed by atoms with Gasteiger partial charge in [0, 0.05) is 36.9 Å². The lowest BCUT2D eigenvalue weighted by atomic mass is 9.87. The van der Waals surface area contributed by atoms with Crippen molar-refractivity contribution in [3.63, 3.8) is 0 Å². The quantitative estimate of drug-likeness (QED) is 0.546. The Morgan fingerprint density at radius 2 is 1.93 bits per heavy atom. The van der Waals surface area contributed by atoms with E-state index >= 15 is 0 Å². The minimum Gasteiger partial charge on any atom is -0.339 e. The minimum absolute atomic E-state index is 0.182. The van der Waals surface area contributed by atoms with E-state index in [9.17, 15) is 4.79 Å². The molecular weight excluding hydrogens is 374 g/mol. The zero-order valence-electron chi connectivity index (χ0n) is 17.8. The fraction of sp³-hybridized carbons (Fsp3) is 0.400. The molecule has 2 heterocycles. The molecule has 0 unspecified atom stereocenters. The van der Waals surface area contributed by atoms with Crippen molar-refractivity contribution < 1.29 is 9.32 Å². The first-order chi connectivity index (χ1) is 14.7. The van der Waals surface area contributed by atoms with E-state index in [2.05, 4.69) is 46.2 Å².